The molecule has 0 saturated carbocycles. The van der Waals surface area contributed by atoms with E-state index >= 15 is 0 Å². The third-order valence-corrected chi connectivity index (χ3v) is 4.47. The molecule has 0 aliphatic carbocycles. The lowest BCUT2D eigenvalue weighted by Gasteiger charge is -2.14. The maximum atomic E-state index is 14.8. The number of amides is 2. The number of benzene rings is 1. The molecular weight excluding hydrogens is 395 g/mol. The van der Waals surface area contributed by atoms with E-state index in [0.717, 1.165) is 0 Å². The number of cyclic esters (lactones) is 1. The van der Waals surface area contributed by atoms with Gasteiger partial charge in [0, 0.05) is 19.2 Å². The number of nitrogens with zero attached hydrogens (tertiary/aromatic N) is 3. The number of imidazole rings is 1. The molecule has 1 N–H and O–H groups in total. The molecule has 3 aromatic rings. The van der Waals surface area contributed by atoms with Gasteiger partial charge < -0.3 is 23.8 Å². The summed E-state index contributed by atoms with van der Waals surface area (Å²) in [4.78, 5) is 28.6. The molecule has 1 aliphatic rings. The van der Waals surface area contributed by atoms with E-state index in [0.29, 0.717) is 17.3 Å². The van der Waals surface area contributed by atoms with Crippen molar-refractivity contribution >= 4 is 17.7 Å². The maximum absolute atomic E-state index is 14.8. The largest absolute Gasteiger partial charge is 0.459 e. The lowest BCUT2D eigenvalue weighted by Crippen LogP contribution is -2.33. The molecule has 1 aromatic carbocycles. The van der Waals surface area contributed by atoms with E-state index in [-0.39, 0.29) is 31.3 Å². The molecule has 156 valence electrons. The lowest BCUT2D eigenvalue weighted by molar-refractivity contribution is -0.119. The smallest absolute Gasteiger partial charge is 0.414 e. The minimum atomic E-state index is -0.586. The number of carbonyl (C=O) groups is 2. The second kappa shape index (κ2) is 8.27. The SMILES string of the molecule is CC(=O)NCC1CN(c2ccc(-n3cnc(COc4ccco4)c3)c(F)c2)C(=O)O1. The fourth-order valence-corrected chi connectivity index (χ4v) is 3.03. The molecule has 0 bridgehead atoms. The Balaban J connectivity index is 1.43. The first kappa shape index (κ1) is 19.5. The standard InChI is InChI=1S/C20H19FN4O5/c1-13(26)22-8-16-10-25(20(27)30-16)15-4-5-18(17(21)7-15)24-9-14(23-12-24)11-29-19-3-2-6-28-19/h2-7,9,12,16H,8,10-11H2,1H3,(H,22,26). The fraction of sp³-hybridized carbons (Fsp3) is 0.250. The molecule has 10 heteroatoms. The number of hydrogen-bond acceptors (Lipinski definition) is 6. The quantitative estimate of drug-likeness (QED) is 0.638. The number of aromatic nitrogens is 2. The van der Waals surface area contributed by atoms with Crippen LogP contribution >= 0.6 is 0 Å². The second-order valence-corrected chi connectivity index (χ2v) is 6.68. The summed E-state index contributed by atoms with van der Waals surface area (Å²) >= 11 is 0. The Kier molecular flexibility index (Phi) is 5.38. The number of furan rings is 1. The van der Waals surface area contributed by atoms with Crippen LogP contribution in [-0.2, 0) is 16.1 Å². The average Bonchev–Trinajstić information content (AvgIpc) is 3.46. The number of nitrogens with one attached hydrogen (secondary N) is 1. The van der Waals surface area contributed by atoms with Crippen molar-refractivity contribution in [3.05, 3.63) is 60.6 Å². The molecule has 2 amide bonds. The predicted molar refractivity (Wildman–Crippen MR) is 103 cm³/mol. The lowest BCUT2D eigenvalue weighted by atomic mass is 10.2. The van der Waals surface area contributed by atoms with Gasteiger partial charge in [-0.15, -0.1) is 0 Å². The Morgan fingerprint density at radius 3 is 3.00 bits per heavy atom. The third-order valence-electron chi connectivity index (χ3n) is 4.47. The summed E-state index contributed by atoms with van der Waals surface area (Å²) in [5.41, 5.74) is 1.24. The van der Waals surface area contributed by atoms with Crippen LogP contribution in [0.5, 0.6) is 5.95 Å². The predicted octanol–water partition coefficient (Wildman–Crippen LogP) is 2.64. The van der Waals surface area contributed by atoms with Crippen molar-refractivity contribution in [1.29, 1.82) is 0 Å². The van der Waals surface area contributed by atoms with Crippen molar-refractivity contribution in [3.8, 4) is 11.6 Å². The highest BCUT2D eigenvalue weighted by Crippen LogP contribution is 2.25. The highest BCUT2D eigenvalue weighted by molar-refractivity contribution is 5.90. The number of rotatable bonds is 7. The van der Waals surface area contributed by atoms with Crippen molar-refractivity contribution in [2.45, 2.75) is 19.6 Å². The van der Waals surface area contributed by atoms with Crippen LogP contribution in [0.15, 0.2) is 53.5 Å². The molecule has 0 spiro atoms. The average molecular weight is 414 g/mol. The summed E-state index contributed by atoms with van der Waals surface area (Å²) in [5, 5.41) is 2.60. The molecule has 1 aliphatic heterocycles. The highest BCUT2D eigenvalue weighted by atomic mass is 19.1. The van der Waals surface area contributed by atoms with Crippen molar-refractivity contribution in [1.82, 2.24) is 14.9 Å². The summed E-state index contributed by atoms with van der Waals surface area (Å²) in [5.74, 6) is -0.370. The zero-order valence-electron chi connectivity index (χ0n) is 16.1. The fourth-order valence-electron chi connectivity index (χ4n) is 3.03. The number of halogens is 1. The van der Waals surface area contributed by atoms with Crippen LogP contribution in [0.4, 0.5) is 14.9 Å². The first-order valence-electron chi connectivity index (χ1n) is 9.21. The van der Waals surface area contributed by atoms with E-state index in [1.807, 2.05) is 0 Å². The first-order valence-corrected chi connectivity index (χ1v) is 9.21. The van der Waals surface area contributed by atoms with Gasteiger partial charge in [0.05, 0.1) is 42.7 Å². The number of carbonyl (C=O) groups excluding carboxylic acids is 2. The topological polar surface area (TPSA) is 98.8 Å². The van der Waals surface area contributed by atoms with Gasteiger partial charge in [-0.25, -0.2) is 14.2 Å². The summed E-state index contributed by atoms with van der Waals surface area (Å²) in [6.07, 6.45) is 3.55. The van der Waals surface area contributed by atoms with Gasteiger partial charge in [-0.3, -0.25) is 9.69 Å². The second-order valence-electron chi connectivity index (χ2n) is 6.68. The maximum Gasteiger partial charge on any atom is 0.414 e. The Morgan fingerprint density at radius 1 is 1.40 bits per heavy atom. The Morgan fingerprint density at radius 2 is 2.27 bits per heavy atom. The monoisotopic (exact) mass is 414 g/mol. The van der Waals surface area contributed by atoms with Crippen LogP contribution in [0.3, 0.4) is 0 Å². The van der Waals surface area contributed by atoms with Gasteiger partial charge in [-0.1, -0.05) is 0 Å². The van der Waals surface area contributed by atoms with E-state index < -0.39 is 18.0 Å². The first-order chi connectivity index (χ1) is 14.5. The molecule has 1 unspecified atom stereocenters. The minimum absolute atomic E-state index is 0.176. The molecular formula is C20H19FN4O5. The molecule has 4 rings (SSSR count). The number of hydrogen-bond donors (Lipinski definition) is 1. The molecule has 1 saturated heterocycles. The van der Waals surface area contributed by atoms with E-state index in [1.165, 1.54) is 35.0 Å². The normalized spacial score (nSPS) is 15.9. The van der Waals surface area contributed by atoms with Crippen molar-refractivity contribution in [3.63, 3.8) is 0 Å². The van der Waals surface area contributed by atoms with Crippen molar-refractivity contribution < 1.29 is 27.9 Å². The Labute approximate surface area is 171 Å². The zero-order valence-corrected chi connectivity index (χ0v) is 16.1. The number of anilines is 1. The molecule has 9 nitrogen and oxygen atoms in total. The van der Waals surface area contributed by atoms with Crippen LogP contribution in [0, 0.1) is 5.82 Å². The van der Waals surface area contributed by atoms with Crippen LogP contribution in [0.2, 0.25) is 0 Å². The summed E-state index contributed by atoms with van der Waals surface area (Å²) in [7, 11) is 0. The van der Waals surface area contributed by atoms with Gasteiger partial charge in [0.25, 0.3) is 5.95 Å². The molecule has 1 atom stereocenters. The van der Waals surface area contributed by atoms with Crippen LogP contribution in [-0.4, -0.2) is 40.7 Å². The van der Waals surface area contributed by atoms with E-state index in [9.17, 15) is 14.0 Å². The molecule has 30 heavy (non-hydrogen) atoms. The van der Waals surface area contributed by atoms with Crippen LogP contribution < -0.4 is 15.0 Å². The summed E-state index contributed by atoms with van der Waals surface area (Å²) in [6.45, 7) is 1.98. The highest BCUT2D eigenvalue weighted by Gasteiger charge is 2.32. The van der Waals surface area contributed by atoms with Gasteiger partial charge in [0.1, 0.15) is 18.5 Å². The van der Waals surface area contributed by atoms with E-state index in [2.05, 4.69) is 10.3 Å². The third kappa shape index (κ3) is 4.27. The van der Waals surface area contributed by atoms with Crippen molar-refractivity contribution in [2.24, 2.45) is 0 Å². The van der Waals surface area contributed by atoms with Crippen LogP contribution in [0.1, 0.15) is 12.6 Å². The molecule has 2 aromatic heterocycles. The summed E-state index contributed by atoms with van der Waals surface area (Å²) < 4.78 is 32.0. The van der Waals surface area contributed by atoms with Gasteiger partial charge >= 0.3 is 6.09 Å². The summed E-state index contributed by atoms with van der Waals surface area (Å²) in [6, 6.07) is 7.83. The Bertz CT molecular complexity index is 1050. The van der Waals surface area contributed by atoms with E-state index in [1.54, 1.807) is 30.5 Å². The Hall–Kier alpha value is -3.82. The molecule has 3 heterocycles. The van der Waals surface area contributed by atoms with Crippen molar-refractivity contribution in [2.75, 3.05) is 18.0 Å². The van der Waals surface area contributed by atoms with Gasteiger partial charge in [0.2, 0.25) is 5.91 Å². The van der Waals surface area contributed by atoms with Crippen LogP contribution in [0.25, 0.3) is 5.69 Å². The molecule has 0 radical (unpaired) electrons. The molecule has 1 fully saturated rings. The van der Waals surface area contributed by atoms with E-state index in [4.69, 9.17) is 13.9 Å². The van der Waals surface area contributed by atoms with Gasteiger partial charge in [-0.2, -0.15) is 0 Å². The minimum Gasteiger partial charge on any atom is -0.459 e. The zero-order chi connectivity index (χ0) is 21.1. The van der Waals surface area contributed by atoms with Gasteiger partial charge in [0.15, 0.2) is 0 Å². The van der Waals surface area contributed by atoms with Gasteiger partial charge in [-0.05, 0) is 24.3 Å². The number of ether oxygens (including phenoxy) is 2.